The molecule has 15 nitrogen and oxygen atoms in total. The van der Waals surface area contributed by atoms with Gasteiger partial charge in [-0.2, -0.15) is 22.8 Å². The van der Waals surface area contributed by atoms with Crippen molar-refractivity contribution in [3.05, 3.63) is 88.8 Å². The van der Waals surface area contributed by atoms with Gasteiger partial charge in [-0.25, -0.2) is 19.7 Å². The molecule has 1 amide bonds. The average molecular weight is 976 g/mol. The van der Waals surface area contributed by atoms with Crippen LogP contribution in [0.4, 0.5) is 29.6 Å². The van der Waals surface area contributed by atoms with Crippen molar-refractivity contribution in [1.82, 2.24) is 34.9 Å². The van der Waals surface area contributed by atoms with E-state index in [2.05, 4.69) is 42.5 Å². The number of amides is 1. The molecule has 18 heteroatoms. The number of ether oxygens (including phenoxy) is 4. The topological polar surface area (TPSA) is 170 Å². The molecule has 0 radical (unpaired) electrons. The Morgan fingerprint density at radius 3 is 2.40 bits per heavy atom. The van der Waals surface area contributed by atoms with Gasteiger partial charge in [-0.3, -0.25) is 4.98 Å². The molecular weight excluding hydrogens is 904 g/mol. The molecule has 1 fully saturated rings. The highest BCUT2D eigenvalue weighted by molar-refractivity contribution is 5.69. The molecule has 6 heterocycles. The molecule has 5 aromatic heterocycles. The number of alkyl carbamates (subject to hydrolysis) is 1. The van der Waals surface area contributed by atoms with Gasteiger partial charge in [-0.1, -0.05) is 13.0 Å². The molecule has 0 unspecified atom stereocenters. The monoisotopic (exact) mass is 976 g/mol. The first-order valence-electron chi connectivity index (χ1n) is 24.4. The third-order valence-electron chi connectivity index (χ3n) is 12.2. The van der Waals surface area contributed by atoms with Crippen LogP contribution in [0.15, 0.2) is 55.0 Å². The fourth-order valence-electron chi connectivity index (χ4n) is 8.29. The second-order valence-corrected chi connectivity index (χ2v) is 20.4. The number of rotatable bonds is 22. The van der Waals surface area contributed by atoms with E-state index >= 15 is 0 Å². The zero-order valence-electron chi connectivity index (χ0n) is 42.5. The van der Waals surface area contributed by atoms with Crippen molar-refractivity contribution >= 4 is 23.4 Å². The quantitative estimate of drug-likeness (QED) is 0.0561. The maximum atomic E-state index is 14.1. The number of fused-ring (bicyclic) bond motifs is 1. The summed E-state index contributed by atoms with van der Waals surface area (Å²) in [7, 11) is 0. The summed E-state index contributed by atoms with van der Waals surface area (Å²) >= 11 is 0. The summed E-state index contributed by atoms with van der Waals surface area (Å²) in [4.78, 5) is 32.7. The number of alkyl halides is 3. The minimum Gasteiger partial charge on any atom is -0.475 e. The minimum absolute atomic E-state index is 0.147. The van der Waals surface area contributed by atoms with E-state index in [-0.39, 0.29) is 25.7 Å². The van der Waals surface area contributed by atoms with Crippen LogP contribution in [0.5, 0.6) is 5.88 Å². The van der Waals surface area contributed by atoms with Gasteiger partial charge >= 0.3 is 12.3 Å². The maximum Gasteiger partial charge on any atom is 0.433 e. The number of piperidine rings is 1. The summed E-state index contributed by atoms with van der Waals surface area (Å²) in [6.07, 6.45) is 6.04. The summed E-state index contributed by atoms with van der Waals surface area (Å²) in [6, 6.07) is 10.1. The van der Waals surface area contributed by atoms with Gasteiger partial charge in [0.1, 0.15) is 29.5 Å². The number of aliphatic hydroxyl groups is 1. The molecule has 0 aliphatic carbocycles. The Labute approximate surface area is 410 Å². The average Bonchev–Trinajstić information content (AvgIpc) is 3.72. The summed E-state index contributed by atoms with van der Waals surface area (Å²) in [6.45, 7) is 21.3. The van der Waals surface area contributed by atoms with E-state index in [1.807, 2.05) is 56.6 Å². The van der Waals surface area contributed by atoms with Crippen molar-refractivity contribution < 1.29 is 42.0 Å². The largest absolute Gasteiger partial charge is 0.475 e. The number of hydrogen-bond acceptors (Lipinski definition) is 13. The Bertz CT molecular complexity index is 2510. The van der Waals surface area contributed by atoms with Gasteiger partial charge in [0.05, 0.1) is 35.7 Å². The van der Waals surface area contributed by atoms with Crippen LogP contribution in [0.25, 0.3) is 16.8 Å². The Kier molecular flexibility index (Phi) is 17.7. The van der Waals surface area contributed by atoms with Crippen molar-refractivity contribution in [2.24, 2.45) is 0 Å². The Balaban J connectivity index is 0.960. The predicted octanol–water partition coefficient (Wildman–Crippen LogP) is 10.4. The van der Waals surface area contributed by atoms with E-state index in [9.17, 15) is 23.1 Å². The van der Waals surface area contributed by atoms with Crippen LogP contribution in [0, 0.1) is 6.92 Å². The van der Waals surface area contributed by atoms with Crippen LogP contribution in [0.3, 0.4) is 0 Å². The molecule has 382 valence electrons. The zero-order chi connectivity index (χ0) is 50.9. The van der Waals surface area contributed by atoms with Crippen molar-refractivity contribution in [3.63, 3.8) is 0 Å². The number of carbonyl (C=O) groups is 1. The molecule has 6 rings (SSSR count). The fourth-order valence-corrected chi connectivity index (χ4v) is 8.29. The van der Waals surface area contributed by atoms with E-state index in [1.165, 1.54) is 6.20 Å². The number of nitrogens with zero attached hydrogens (tertiary/aromatic N) is 7. The molecule has 0 spiro atoms. The van der Waals surface area contributed by atoms with Crippen LogP contribution in [-0.2, 0) is 39.8 Å². The first kappa shape index (κ1) is 53.8. The van der Waals surface area contributed by atoms with Crippen LogP contribution >= 0.6 is 0 Å². The summed E-state index contributed by atoms with van der Waals surface area (Å²) in [5.74, 6) is 2.20. The fraction of sp³-hybridized carbons (Fsp3) is 0.577. The molecule has 3 N–H and O–H groups in total. The molecule has 0 aromatic carbocycles. The number of pyridine rings is 3. The van der Waals surface area contributed by atoms with Crippen molar-refractivity contribution in [1.29, 1.82) is 0 Å². The smallest absolute Gasteiger partial charge is 0.433 e. The predicted molar refractivity (Wildman–Crippen MR) is 264 cm³/mol. The second-order valence-electron chi connectivity index (χ2n) is 20.4. The lowest BCUT2D eigenvalue weighted by Crippen LogP contribution is -2.40. The molecule has 0 saturated carbocycles. The first-order valence-corrected chi connectivity index (χ1v) is 24.4. The van der Waals surface area contributed by atoms with E-state index < -0.39 is 40.8 Å². The summed E-state index contributed by atoms with van der Waals surface area (Å²) in [5, 5.41) is 20.7. The zero-order valence-corrected chi connectivity index (χ0v) is 42.5. The van der Waals surface area contributed by atoms with Gasteiger partial charge in [0.15, 0.2) is 5.65 Å². The molecular formula is C52H72F3N9O6. The highest BCUT2D eigenvalue weighted by Crippen LogP contribution is 2.34. The van der Waals surface area contributed by atoms with E-state index in [0.717, 1.165) is 66.7 Å². The van der Waals surface area contributed by atoms with Crippen LogP contribution in [0.2, 0.25) is 0 Å². The lowest BCUT2D eigenvalue weighted by atomic mass is 9.99. The first-order chi connectivity index (χ1) is 33.0. The Morgan fingerprint density at radius 2 is 1.71 bits per heavy atom. The molecule has 5 aromatic rings. The molecule has 70 heavy (non-hydrogen) atoms. The molecule has 1 aliphatic rings. The number of nitrogens with one attached hydrogen (secondary N) is 2. The van der Waals surface area contributed by atoms with Crippen LogP contribution < -0.4 is 20.3 Å². The van der Waals surface area contributed by atoms with E-state index in [0.29, 0.717) is 73.0 Å². The van der Waals surface area contributed by atoms with Gasteiger partial charge in [-0.05, 0) is 149 Å². The van der Waals surface area contributed by atoms with Crippen molar-refractivity contribution in [3.8, 4) is 17.0 Å². The van der Waals surface area contributed by atoms with Crippen molar-refractivity contribution in [2.75, 3.05) is 43.2 Å². The maximum absolute atomic E-state index is 14.1. The summed E-state index contributed by atoms with van der Waals surface area (Å²) in [5.41, 5.74) is 2.44. The highest BCUT2D eigenvalue weighted by Gasteiger charge is 2.34. The lowest BCUT2D eigenvalue weighted by molar-refractivity contribution is -0.141. The SMILES string of the molecule is CCc1cnn2c(NCc3ccc(OCC(C)(C)OCCC(C)(C)OCCCc4cc(-c5cnc([C@H](C)NC(=O)OC(C)(C)C)cc5C)cc(C(F)(F)F)n4)nc3)cc(N3CCCC[C@H]3CCO)nc12. The third kappa shape index (κ3) is 15.2. The Hall–Kier alpha value is -5.59. The van der Waals surface area contributed by atoms with Crippen LogP contribution in [0.1, 0.15) is 141 Å². The third-order valence-corrected chi connectivity index (χ3v) is 12.2. The van der Waals surface area contributed by atoms with Gasteiger partial charge in [0.25, 0.3) is 0 Å². The number of anilines is 2. The van der Waals surface area contributed by atoms with Gasteiger partial charge in [-0.15, -0.1) is 0 Å². The van der Waals surface area contributed by atoms with Crippen LogP contribution in [-0.4, -0.2) is 96.6 Å². The standard InChI is InChI=1S/C52H72F3N9O6/c1-11-37-31-59-64-44(28-45(62-47(37)64)63-21-13-12-16-40(63)19-22-65)57-29-36-17-18-46(58-30-36)67-33-51(9,10)69-24-20-50(7,8)68-23-14-15-39-26-38(27-43(61-39)52(53,54)55)41-32-56-42(25-34(41)2)35(3)60-48(66)70-49(4,5)6/h17-18,25-28,30-32,35,40,57,65H,11-16,19-24,29,33H2,1-10H3,(H,60,66)/t35-,40-/m0/s1. The highest BCUT2D eigenvalue weighted by atomic mass is 19.4. The minimum atomic E-state index is -4.64. The number of aromatic nitrogens is 6. The van der Waals surface area contributed by atoms with Gasteiger partial charge in [0.2, 0.25) is 5.88 Å². The van der Waals surface area contributed by atoms with E-state index in [4.69, 9.17) is 23.9 Å². The van der Waals surface area contributed by atoms with Gasteiger partial charge in [0, 0.05) is 73.7 Å². The van der Waals surface area contributed by atoms with Gasteiger partial charge < -0.3 is 39.6 Å². The number of aliphatic hydroxyl groups excluding tert-OH is 1. The second kappa shape index (κ2) is 23.1. The van der Waals surface area contributed by atoms with Crippen molar-refractivity contribution in [2.45, 2.75) is 162 Å². The number of hydrogen-bond donors (Lipinski definition) is 3. The number of carbonyl (C=O) groups excluding carboxylic acids is 1. The molecule has 1 saturated heterocycles. The normalized spacial score (nSPS) is 15.3. The number of halogens is 3. The lowest BCUT2D eigenvalue weighted by Gasteiger charge is -2.36. The summed E-state index contributed by atoms with van der Waals surface area (Å²) < 4.78 is 67.9. The molecule has 0 bridgehead atoms. The van der Waals surface area contributed by atoms with E-state index in [1.54, 1.807) is 52.9 Å². The Morgan fingerprint density at radius 1 is 0.943 bits per heavy atom. The number of aryl methyl sites for hydroxylation is 3. The molecule has 2 atom stereocenters. The molecule has 1 aliphatic heterocycles.